The number of ether oxygens (including phenoxy) is 2. The van der Waals surface area contributed by atoms with E-state index >= 15 is 0 Å². The average Bonchev–Trinajstić information content (AvgIpc) is 3.20. The van der Waals surface area contributed by atoms with Gasteiger partial charge >= 0.3 is 5.97 Å². The zero-order valence-electron chi connectivity index (χ0n) is 16.3. The van der Waals surface area contributed by atoms with E-state index in [0.717, 1.165) is 33.0 Å². The number of pyridine rings is 1. The molecule has 0 fully saturated rings. The Hall–Kier alpha value is -2.99. The topological polar surface area (TPSA) is 57.5 Å². The van der Waals surface area contributed by atoms with Gasteiger partial charge in [-0.1, -0.05) is 48.5 Å². The monoisotopic (exact) mass is 407 g/mol. The van der Waals surface area contributed by atoms with Gasteiger partial charge in [0.15, 0.2) is 0 Å². The molecule has 0 radical (unpaired) electrons. The van der Waals surface area contributed by atoms with Crippen molar-refractivity contribution in [2.45, 2.75) is 17.5 Å². The summed E-state index contributed by atoms with van der Waals surface area (Å²) in [7, 11) is 3.00. The molecule has 4 rings (SSSR count). The van der Waals surface area contributed by atoms with Gasteiger partial charge in [-0.25, -0.2) is 4.79 Å². The van der Waals surface area contributed by atoms with Crippen LogP contribution in [0.15, 0.2) is 70.5 Å². The van der Waals surface area contributed by atoms with Gasteiger partial charge in [0, 0.05) is 23.8 Å². The molecule has 148 valence electrons. The first-order valence-corrected chi connectivity index (χ1v) is 10.3. The molecule has 1 aliphatic rings. The van der Waals surface area contributed by atoms with Crippen LogP contribution in [0.3, 0.4) is 0 Å². The molecule has 0 N–H and O–H groups in total. The SMILES string of the molecule is COC(=O)[C@@H]1CSc2c(-c3ccccc3)c(Cc3ccccc3OC)cc(=O)n21. The maximum atomic E-state index is 13.0. The van der Waals surface area contributed by atoms with E-state index in [2.05, 4.69) is 0 Å². The van der Waals surface area contributed by atoms with Crippen molar-refractivity contribution in [2.24, 2.45) is 0 Å². The van der Waals surface area contributed by atoms with E-state index in [-0.39, 0.29) is 5.56 Å². The zero-order chi connectivity index (χ0) is 20.4. The van der Waals surface area contributed by atoms with Gasteiger partial charge in [-0.2, -0.15) is 0 Å². The molecule has 0 saturated carbocycles. The zero-order valence-corrected chi connectivity index (χ0v) is 17.1. The van der Waals surface area contributed by atoms with Crippen LogP contribution in [0.4, 0.5) is 0 Å². The maximum Gasteiger partial charge on any atom is 0.329 e. The Balaban J connectivity index is 1.92. The molecule has 0 saturated heterocycles. The summed E-state index contributed by atoms with van der Waals surface area (Å²) in [6.45, 7) is 0. The number of aromatic nitrogens is 1. The van der Waals surface area contributed by atoms with Gasteiger partial charge in [-0.3, -0.25) is 9.36 Å². The number of para-hydroxylation sites is 1. The van der Waals surface area contributed by atoms with Crippen molar-refractivity contribution in [1.29, 1.82) is 0 Å². The molecule has 1 atom stereocenters. The van der Waals surface area contributed by atoms with Gasteiger partial charge in [0.2, 0.25) is 0 Å². The fraction of sp³-hybridized carbons (Fsp3) is 0.217. The lowest BCUT2D eigenvalue weighted by Gasteiger charge is -2.18. The first-order chi connectivity index (χ1) is 14.1. The summed E-state index contributed by atoms with van der Waals surface area (Å²) >= 11 is 1.52. The number of esters is 1. The lowest BCUT2D eigenvalue weighted by atomic mass is 9.96. The Labute approximate surface area is 173 Å². The Bertz CT molecular complexity index is 1110. The largest absolute Gasteiger partial charge is 0.496 e. The predicted octanol–water partition coefficient (Wildman–Crippen LogP) is 3.93. The Morgan fingerprint density at radius 2 is 1.79 bits per heavy atom. The molecule has 2 aromatic carbocycles. The molecule has 0 amide bonds. The third-order valence-corrected chi connectivity index (χ3v) is 6.24. The predicted molar refractivity (Wildman–Crippen MR) is 114 cm³/mol. The number of carbonyl (C=O) groups is 1. The fourth-order valence-corrected chi connectivity index (χ4v) is 5.09. The molecule has 6 heteroatoms. The van der Waals surface area contributed by atoms with E-state index in [9.17, 15) is 9.59 Å². The average molecular weight is 407 g/mol. The summed E-state index contributed by atoms with van der Waals surface area (Å²) in [5, 5.41) is 0.809. The van der Waals surface area contributed by atoms with E-state index in [1.54, 1.807) is 17.7 Å². The van der Waals surface area contributed by atoms with Crippen LogP contribution in [0.1, 0.15) is 17.2 Å². The molecule has 1 aromatic heterocycles. The van der Waals surface area contributed by atoms with Crippen molar-refractivity contribution in [3.63, 3.8) is 0 Å². The van der Waals surface area contributed by atoms with E-state index in [1.165, 1.54) is 18.9 Å². The highest BCUT2D eigenvalue weighted by Crippen LogP contribution is 2.41. The number of rotatable bonds is 5. The Morgan fingerprint density at radius 1 is 1.07 bits per heavy atom. The molecular formula is C23H21NO4S. The van der Waals surface area contributed by atoms with Gasteiger partial charge in [-0.05, 0) is 22.8 Å². The highest BCUT2D eigenvalue weighted by atomic mass is 32.2. The molecule has 5 nitrogen and oxygen atoms in total. The van der Waals surface area contributed by atoms with Crippen molar-refractivity contribution in [2.75, 3.05) is 20.0 Å². The van der Waals surface area contributed by atoms with Crippen LogP contribution in [-0.2, 0) is 16.0 Å². The minimum atomic E-state index is -0.602. The van der Waals surface area contributed by atoms with Crippen molar-refractivity contribution >= 4 is 17.7 Å². The third-order valence-electron chi connectivity index (χ3n) is 5.09. The normalized spacial score (nSPS) is 15.0. The summed E-state index contributed by atoms with van der Waals surface area (Å²) in [5.41, 5.74) is 3.72. The van der Waals surface area contributed by atoms with Gasteiger partial charge in [0.1, 0.15) is 11.8 Å². The molecule has 29 heavy (non-hydrogen) atoms. The minimum absolute atomic E-state index is 0.190. The molecule has 0 spiro atoms. The van der Waals surface area contributed by atoms with Crippen molar-refractivity contribution in [3.05, 3.63) is 82.1 Å². The van der Waals surface area contributed by atoms with Crippen LogP contribution in [0.25, 0.3) is 11.1 Å². The number of nitrogens with zero attached hydrogens (tertiary/aromatic N) is 1. The van der Waals surface area contributed by atoms with Crippen LogP contribution in [0.5, 0.6) is 5.75 Å². The molecule has 3 aromatic rings. The van der Waals surface area contributed by atoms with Crippen molar-refractivity contribution in [1.82, 2.24) is 4.57 Å². The summed E-state index contributed by atoms with van der Waals surface area (Å²) in [5.74, 6) is 0.877. The van der Waals surface area contributed by atoms with Crippen molar-refractivity contribution in [3.8, 4) is 16.9 Å². The summed E-state index contributed by atoms with van der Waals surface area (Å²) in [4.78, 5) is 25.2. The highest BCUT2D eigenvalue weighted by molar-refractivity contribution is 7.99. The van der Waals surface area contributed by atoms with E-state index in [0.29, 0.717) is 12.2 Å². The lowest BCUT2D eigenvalue weighted by Crippen LogP contribution is -2.30. The molecule has 0 bridgehead atoms. The van der Waals surface area contributed by atoms with E-state index < -0.39 is 12.0 Å². The second kappa shape index (κ2) is 8.17. The summed E-state index contributed by atoms with van der Waals surface area (Å²) in [6.07, 6.45) is 0.556. The summed E-state index contributed by atoms with van der Waals surface area (Å²) in [6, 6.07) is 18.8. The van der Waals surface area contributed by atoms with E-state index in [1.807, 2.05) is 54.6 Å². The molecule has 0 unspecified atom stereocenters. The maximum absolute atomic E-state index is 13.0. The van der Waals surface area contributed by atoms with Gasteiger partial charge < -0.3 is 9.47 Å². The molecule has 2 heterocycles. The standard InChI is InChI=1S/C23H21NO4S/c1-27-19-11-7-6-10-16(19)12-17-13-20(25)24-18(23(26)28-2)14-29-22(24)21(17)15-8-4-3-5-9-15/h3-11,13,18H,12,14H2,1-2H3/t18-/m0/s1. The van der Waals surface area contributed by atoms with Gasteiger partial charge in [0.05, 0.1) is 19.2 Å². The number of fused-ring (bicyclic) bond motifs is 1. The van der Waals surface area contributed by atoms with E-state index in [4.69, 9.17) is 9.47 Å². The second-order valence-corrected chi connectivity index (χ2v) is 7.77. The Morgan fingerprint density at radius 3 is 2.52 bits per heavy atom. The minimum Gasteiger partial charge on any atom is -0.496 e. The molecular weight excluding hydrogens is 386 g/mol. The van der Waals surface area contributed by atoms with Crippen LogP contribution in [-0.4, -0.2) is 30.5 Å². The first kappa shape index (κ1) is 19.3. The number of carbonyl (C=O) groups excluding carboxylic acids is 1. The molecule has 0 aliphatic carbocycles. The molecule has 1 aliphatic heterocycles. The smallest absolute Gasteiger partial charge is 0.329 e. The van der Waals surface area contributed by atoms with Crippen LogP contribution in [0, 0.1) is 0 Å². The Kier molecular flexibility index (Phi) is 5.45. The number of hydrogen-bond donors (Lipinski definition) is 0. The highest BCUT2D eigenvalue weighted by Gasteiger charge is 2.34. The number of thioether (sulfide) groups is 1. The lowest BCUT2D eigenvalue weighted by molar-refractivity contribution is -0.143. The second-order valence-electron chi connectivity index (χ2n) is 6.76. The van der Waals surface area contributed by atoms with Gasteiger partial charge in [-0.15, -0.1) is 11.8 Å². The first-order valence-electron chi connectivity index (χ1n) is 9.30. The quantitative estimate of drug-likeness (QED) is 0.600. The number of benzene rings is 2. The van der Waals surface area contributed by atoms with Gasteiger partial charge in [0.25, 0.3) is 5.56 Å². The number of methoxy groups -OCH3 is 2. The van der Waals surface area contributed by atoms with Crippen LogP contribution < -0.4 is 10.3 Å². The number of hydrogen-bond acceptors (Lipinski definition) is 5. The fourth-order valence-electron chi connectivity index (χ4n) is 3.73. The van der Waals surface area contributed by atoms with Crippen LogP contribution >= 0.6 is 11.8 Å². The van der Waals surface area contributed by atoms with Crippen molar-refractivity contribution < 1.29 is 14.3 Å². The summed E-state index contributed by atoms with van der Waals surface area (Å²) < 4.78 is 12.0. The third kappa shape index (κ3) is 3.56. The van der Waals surface area contributed by atoms with Crippen LogP contribution in [0.2, 0.25) is 0 Å².